The summed E-state index contributed by atoms with van der Waals surface area (Å²) in [6.45, 7) is 1.68. The minimum atomic E-state index is -0.341. The molecule has 2 heterocycles. The van der Waals surface area contributed by atoms with Crippen molar-refractivity contribution in [3.63, 3.8) is 0 Å². The first-order chi connectivity index (χ1) is 12.6. The number of carbonyl (C=O) groups excluding carboxylic acids is 2. The summed E-state index contributed by atoms with van der Waals surface area (Å²) in [5.41, 5.74) is 1.32. The molecule has 26 heavy (non-hydrogen) atoms. The van der Waals surface area contributed by atoms with Gasteiger partial charge in [0.2, 0.25) is 11.8 Å². The van der Waals surface area contributed by atoms with Crippen LogP contribution in [0.3, 0.4) is 0 Å². The van der Waals surface area contributed by atoms with E-state index in [0.29, 0.717) is 12.1 Å². The number of rotatable bonds is 6. The van der Waals surface area contributed by atoms with Crippen LogP contribution in [0.1, 0.15) is 25.0 Å². The number of carbonyl (C=O) groups is 2. The molecule has 2 amide bonds. The summed E-state index contributed by atoms with van der Waals surface area (Å²) in [6, 6.07) is 5.64. The number of thioether (sulfide) groups is 1. The Bertz CT molecular complexity index is 758. The van der Waals surface area contributed by atoms with Crippen molar-refractivity contribution in [2.75, 3.05) is 24.2 Å². The van der Waals surface area contributed by atoms with Crippen molar-refractivity contribution >= 4 is 40.6 Å². The molecule has 8 heteroatoms. The number of nitrogens with one attached hydrogen (secondary N) is 1. The number of thiazole rings is 1. The topological polar surface area (TPSA) is 62.3 Å². The largest absolute Gasteiger partial charge is 0.342 e. The van der Waals surface area contributed by atoms with Crippen LogP contribution in [-0.4, -0.2) is 40.5 Å². The first-order valence-corrected chi connectivity index (χ1v) is 10.4. The fraction of sp³-hybridized carbons (Fsp3) is 0.389. The molecule has 1 saturated heterocycles. The van der Waals surface area contributed by atoms with Crippen LogP contribution in [0.4, 0.5) is 10.1 Å². The van der Waals surface area contributed by atoms with E-state index in [2.05, 4.69) is 10.3 Å². The standard InChI is InChI=1S/C18H20FN3O2S2/c19-13-4-6-14(7-5-13)20-16(23)12-26-18-21-15(11-25-18)10-17(24)22-8-2-1-3-9-22/h4-7,11H,1-3,8-10,12H2,(H,20,23). The normalized spacial score (nSPS) is 14.3. The molecule has 1 aromatic carbocycles. The van der Waals surface area contributed by atoms with Crippen LogP contribution in [0.5, 0.6) is 0 Å². The van der Waals surface area contributed by atoms with Gasteiger partial charge in [-0.1, -0.05) is 11.8 Å². The van der Waals surface area contributed by atoms with E-state index in [4.69, 9.17) is 0 Å². The molecule has 1 N–H and O–H groups in total. The van der Waals surface area contributed by atoms with Gasteiger partial charge in [0.1, 0.15) is 5.82 Å². The lowest BCUT2D eigenvalue weighted by Crippen LogP contribution is -2.36. The summed E-state index contributed by atoms with van der Waals surface area (Å²) < 4.78 is 13.6. The molecule has 0 radical (unpaired) electrons. The third-order valence-corrected chi connectivity index (χ3v) is 6.10. The molecule has 2 aromatic rings. The van der Waals surface area contributed by atoms with E-state index in [9.17, 15) is 14.0 Å². The van der Waals surface area contributed by atoms with Gasteiger partial charge in [0.25, 0.3) is 0 Å². The highest BCUT2D eigenvalue weighted by atomic mass is 32.2. The fourth-order valence-electron chi connectivity index (χ4n) is 2.70. The highest BCUT2D eigenvalue weighted by Gasteiger charge is 2.18. The summed E-state index contributed by atoms with van der Waals surface area (Å²) in [5, 5.41) is 4.59. The lowest BCUT2D eigenvalue weighted by molar-refractivity contribution is -0.131. The molecule has 3 rings (SSSR count). The molecule has 5 nitrogen and oxygen atoms in total. The lowest BCUT2D eigenvalue weighted by atomic mass is 10.1. The van der Waals surface area contributed by atoms with Gasteiger partial charge in [0.05, 0.1) is 17.9 Å². The predicted octanol–water partition coefficient (Wildman–Crippen LogP) is 3.57. The van der Waals surface area contributed by atoms with Crippen LogP contribution in [0.15, 0.2) is 34.0 Å². The van der Waals surface area contributed by atoms with Crippen molar-refractivity contribution in [3.05, 3.63) is 41.2 Å². The van der Waals surface area contributed by atoms with Crippen LogP contribution < -0.4 is 5.32 Å². The Morgan fingerprint density at radius 2 is 1.92 bits per heavy atom. The molecule has 1 aromatic heterocycles. The summed E-state index contributed by atoms with van der Waals surface area (Å²) in [5.74, 6) is -0.181. The van der Waals surface area contributed by atoms with Crippen LogP contribution in [0.2, 0.25) is 0 Å². The van der Waals surface area contributed by atoms with Crippen molar-refractivity contribution < 1.29 is 14.0 Å². The van der Waals surface area contributed by atoms with Gasteiger partial charge in [-0.05, 0) is 43.5 Å². The average Bonchev–Trinajstić information content (AvgIpc) is 3.10. The number of piperidine rings is 1. The third-order valence-electron chi connectivity index (χ3n) is 4.03. The molecular formula is C18H20FN3O2S2. The Balaban J connectivity index is 1.45. The zero-order valence-corrected chi connectivity index (χ0v) is 15.9. The van der Waals surface area contributed by atoms with Crippen molar-refractivity contribution in [1.29, 1.82) is 0 Å². The number of anilines is 1. The Morgan fingerprint density at radius 3 is 2.65 bits per heavy atom. The highest BCUT2D eigenvalue weighted by Crippen LogP contribution is 2.23. The van der Waals surface area contributed by atoms with E-state index in [1.165, 1.54) is 53.8 Å². The molecule has 0 unspecified atom stereocenters. The summed E-state index contributed by atoms with van der Waals surface area (Å²) >= 11 is 2.77. The van der Waals surface area contributed by atoms with E-state index in [0.717, 1.165) is 36.0 Å². The summed E-state index contributed by atoms with van der Waals surface area (Å²) in [6.07, 6.45) is 3.67. The van der Waals surface area contributed by atoms with Gasteiger partial charge in [-0.2, -0.15) is 0 Å². The molecule has 1 fully saturated rings. The molecule has 138 valence electrons. The first-order valence-electron chi connectivity index (χ1n) is 8.50. The summed E-state index contributed by atoms with van der Waals surface area (Å²) in [7, 11) is 0. The molecule has 0 atom stereocenters. The monoisotopic (exact) mass is 393 g/mol. The maximum atomic E-state index is 12.9. The van der Waals surface area contributed by atoms with Crippen LogP contribution >= 0.6 is 23.1 Å². The maximum Gasteiger partial charge on any atom is 0.234 e. The summed E-state index contributed by atoms with van der Waals surface area (Å²) in [4.78, 5) is 30.6. The van der Waals surface area contributed by atoms with Gasteiger partial charge in [-0.25, -0.2) is 9.37 Å². The fourth-order valence-corrected chi connectivity index (χ4v) is 4.35. The average molecular weight is 394 g/mol. The second-order valence-electron chi connectivity index (χ2n) is 6.07. The smallest absolute Gasteiger partial charge is 0.234 e. The van der Waals surface area contributed by atoms with E-state index in [1.54, 1.807) is 0 Å². The zero-order chi connectivity index (χ0) is 18.4. The van der Waals surface area contributed by atoms with Crippen molar-refractivity contribution in [2.24, 2.45) is 0 Å². The van der Waals surface area contributed by atoms with E-state index < -0.39 is 0 Å². The van der Waals surface area contributed by atoms with Crippen molar-refractivity contribution in [1.82, 2.24) is 9.88 Å². The number of halogens is 1. The van der Waals surface area contributed by atoms with Gasteiger partial charge in [0, 0.05) is 24.2 Å². The molecule has 0 aliphatic carbocycles. The van der Waals surface area contributed by atoms with Crippen LogP contribution in [-0.2, 0) is 16.0 Å². The molecule has 0 saturated carbocycles. The van der Waals surface area contributed by atoms with Gasteiger partial charge in [-0.15, -0.1) is 11.3 Å². The number of hydrogen-bond acceptors (Lipinski definition) is 5. The lowest BCUT2D eigenvalue weighted by Gasteiger charge is -2.26. The molecular weight excluding hydrogens is 373 g/mol. The predicted molar refractivity (Wildman–Crippen MR) is 102 cm³/mol. The number of amides is 2. The zero-order valence-electron chi connectivity index (χ0n) is 14.2. The Kier molecular flexibility index (Phi) is 6.62. The van der Waals surface area contributed by atoms with Gasteiger partial charge >= 0.3 is 0 Å². The Labute approximate surface area is 160 Å². The minimum Gasteiger partial charge on any atom is -0.342 e. The minimum absolute atomic E-state index is 0.126. The number of nitrogens with zero attached hydrogens (tertiary/aromatic N) is 2. The quantitative estimate of drug-likeness (QED) is 0.762. The van der Waals surface area contributed by atoms with E-state index in [1.807, 2.05) is 10.3 Å². The van der Waals surface area contributed by atoms with Crippen molar-refractivity contribution in [2.45, 2.75) is 30.0 Å². The number of hydrogen-bond donors (Lipinski definition) is 1. The van der Waals surface area contributed by atoms with Crippen LogP contribution in [0.25, 0.3) is 0 Å². The molecule has 0 bridgehead atoms. The second-order valence-corrected chi connectivity index (χ2v) is 8.15. The van der Waals surface area contributed by atoms with Gasteiger partial charge in [-0.3, -0.25) is 9.59 Å². The SMILES string of the molecule is O=C(CSc1nc(CC(=O)N2CCCCC2)cs1)Nc1ccc(F)cc1. The van der Waals surface area contributed by atoms with E-state index in [-0.39, 0.29) is 23.4 Å². The molecule has 1 aliphatic rings. The van der Waals surface area contributed by atoms with Gasteiger partial charge in [0.15, 0.2) is 4.34 Å². The molecule has 1 aliphatic heterocycles. The van der Waals surface area contributed by atoms with Crippen molar-refractivity contribution in [3.8, 4) is 0 Å². The number of aromatic nitrogens is 1. The van der Waals surface area contributed by atoms with E-state index >= 15 is 0 Å². The maximum absolute atomic E-state index is 12.9. The van der Waals surface area contributed by atoms with Gasteiger partial charge < -0.3 is 10.2 Å². The first kappa shape index (κ1) is 18.8. The highest BCUT2D eigenvalue weighted by molar-refractivity contribution is 8.01. The Hall–Kier alpha value is -1.93. The second kappa shape index (κ2) is 9.14. The molecule has 0 spiro atoms. The number of likely N-dealkylation sites (tertiary alicyclic amines) is 1. The third kappa shape index (κ3) is 5.54. The number of benzene rings is 1. The van der Waals surface area contributed by atoms with Crippen LogP contribution in [0, 0.1) is 5.82 Å². The Morgan fingerprint density at radius 1 is 1.19 bits per heavy atom.